The van der Waals surface area contributed by atoms with Gasteiger partial charge in [-0.1, -0.05) is 20.8 Å². The summed E-state index contributed by atoms with van der Waals surface area (Å²) in [7, 11) is 0. The normalized spacial score (nSPS) is 12.8. The highest BCUT2D eigenvalue weighted by molar-refractivity contribution is 8.00. The van der Waals surface area contributed by atoms with Crippen molar-refractivity contribution in [2.24, 2.45) is 5.92 Å². The van der Waals surface area contributed by atoms with Crippen LogP contribution in [0.3, 0.4) is 0 Å². The maximum atomic E-state index is 10.9. The lowest BCUT2D eigenvalue weighted by molar-refractivity contribution is 0.0693. The maximum absolute atomic E-state index is 10.9. The highest BCUT2D eigenvalue weighted by Gasteiger charge is 2.15. The predicted molar refractivity (Wildman–Crippen MR) is 61.4 cm³/mol. The van der Waals surface area contributed by atoms with Gasteiger partial charge >= 0.3 is 5.97 Å². The molecule has 3 nitrogen and oxygen atoms in total. The average molecular weight is 225 g/mol. The van der Waals surface area contributed by atoms with Gasteiger partial charge in [-0.05, 0) is 12.0 Å². The molecular formula is C11H15NO2S. The molecule has 0 amide bonds. The first-order valence-corrected chi connectivity index (χ1v) is 5.74. The lowest BCUT2D eigenvalue weighted by atomic mass is 10.2. The van der Waals surface area contributed by atoms with Crippen molar-refractivity contribution in [3.05, 3.63) is 24.0 Å². The molecule has 1 unspecified atom stereocenters. The highest BCUT2D eigenvalue weighted by atomic mass is 32.2. The number of carboxylic acid groups (broad SMARTS) is 1. The van der Waals surface area contributed by atoms with Gasteiger partial charge in [0, 0.05) is 22.5 Å². The Morgan fingerprint density at radius 2 is 2.13 bits per heavy atom. The molecule has 15 heavy (non-hydrogen) atoms. The van der Waals surface area contributed by atoms with Crippen molar-refractivity contribution >= 4 is 17.7 Å². The second-order valence-electron chi connectivity index (χ2n) is 3.74. The van der Waals surface area contributed by atoms with Crippen LogP contribution in [0.5, 0.6) is 0 Å². The zero-order valence-corrected chi connectivity index (χ0v) is 9.91. The summed E-state index contributed by atoms with van der Waals surface area (Å²) in [5.41, 5.74) is 0.336. The van der Waals surface area contributed by atoms with Crippen molar-refractivity contribution in [1.82, 2.24) is 4.98 Å². The van der Waals surface area contributed by atoms with E-state index in [9.17, 15) is 4.79 Å². The van der Waals surface area contributed by atoms with E-state index in [2.05, 4.69) is 25.8 Å². The molecule has 0 aromatic carbocycles. The van der Waals surface area contributed by atoms with Gasteiger partial charge in [-0.3, -0.25) is 4.98 Å². The minimum Gasteiger partial charge on any atom is -0.478 e. The van der Waals surface area contributed by atoms with Gasteiger partial charge in [0.1, 0.15) is 0 Å². The van der Waals surface area contributed by atoms with Crippen LogP contribution in [0.2, 0.25) is 0 Å². The van der Waals surface area contributed by atoms with Crippen LogP contribution in [0.4, 0.5) is 0 Å². The lowest BCUT2D eigenvalue weighted by Gasteiger charge is -2.15. The van der Waals surface area contributed by atoms with Gasteiger partial charge in [-0.15, -0.1) is 11.8 Å². The first-order valence-electron chi connectivity index (χ1n) is 4.86. The molecule has 0 aliphatic carbocycles. The summed E-state index contributed by atoms with van der Waals surface area (Å²) >= 11 is 1.56. The molecule has 0 saturated heterocycles. The Hall–Kier alpha value is -1.03. The van der Waals surface area contributed by atoms with Crippen molar-refractivity contribution in [1.29, 1.82) is 0 Å². The third kappa shape index (κ3) is 3.23. The molecular weight excluding hydrogens is 210 g/mol. The molecule has 0 spiro atoms. The third-order valence-electron chi connectivity index (χ3n) is 2.27. The molecule has 1 N–H and O–H groups in total. The van der Waals surface area contributed by atoms with Gasteiger partial charge in [0.25, 0.3) is 0 Å². The number of carboxylic acids is 1. The van der Waals surface area contributed by atoms with E-state index in [0.29, 0.717) is 16.7 Å². The van der Waals surface area contributed by atoms with Crippen molar-refractivity contribution in [3.8, 4) is 0 Å². The molecule has 0 fully saturated rings. The minimum absolute atomic E-state index is 0.336. The quantitative estimate of drug-likeness (QED) is 0.800. The standard InChI is InChI=1S/C11H15NO2S/c1-7(2)8(3)15-10-6-12-5-4-9(10)11(13)14/h4-8H,1-3H3,(H,13,14). The molecule has 1 rings (SSSR count). The summed E-state index contributed by atoms with van der Waals surface area (Å²) in [4.78, 5) is 15.6. The number of pyridine rings is 1. The number of rotatable bonds is 4. The molecule has 0 bridgehead atoms. The lowest BCUT2D eigenvalue weighted by Crippen LogP contribution is -2.07. The van der Waals surface area contributed by atoms with Gasteiger partial charge in [0.05, 0.1) is 5.56 Å². The molecule has 0 saturated carbocycles. The van der Waals surface area contributed by atoms with Gasteiger partial charge in [0.15, 0.2) is 0 Å². The summed E-state index contributed by atoms with van der Waals surface area (Å²) in [5, 5.41) is 9.36. The van der Waals surface area contributed by atoms with Crippen LogP contribution in [0, 0.1) is 5.92 Å². The summed E-state index contributed by atoms with van der Waals surface area (Å²) in [5.74, 6) is -0.382. The topological polar surface area (TPSA) is 50.2 Å². The molecule has 4 heteroatoms. The second kappa shape index (κ2) is 5.16. The zero-order chi connectivity index (χ0) is 11.4. The van der Waals surface area contributed by atoms with E-state index >= 15 is 0 Å². The van der Waals surface area contributed by atoms with Crippen molar-refractivity contribution in [3.63, 3.8) is 0 Å². The van der Waals surface area contributed by atoms with E-state index in [1.807, 2.05) is 0 Å². The van der Waals surface area contributed by atoms with Gasteiger partial charge in [0.2, 0.25) is 0 Å². The summed E-state index contributed by atoms with van der Waals surface area (Å²) in [6.45, 7) is 6.33. The SMILES string of the molecule is CC(C)C(C)Sc1cnccc1C(=O)O. The van der Waals surface area contributed by atoms with E-state index in [0.717, 1.165) is 4.90 Å². The van der Waals surface area contributed by atoms with Crippen LogP contribution < -0.4 is 0 Å². The van der Waals surface area contributed by atoms with Crippen molar-refractivity contribution < 1.29 is 9.90 Å². The summed E-state index contributed by atoms with van der Waals surface area (Å²) < 4.78 is 0. The fourth-order valence-electron chi connectivity index (χ4n) is 0.987. The van der Waals surface area contributed by atoms with Crippen LogP contribution in [-0.2, 0) is 0 Å². The minimum atomic E-state index is -0.893. The number of thioether (sulfide) groups is 1. The fourth-order valence-corrected chi connectivity index (χ4v) is 2.06. The summed E-state index contributed by atoms with van der Waals surface area (Å²) in [6.07, 6.45) is 3.13. The second-order valence-corrected chi connectivity index (χ2v) is 5.16. The molecule has 1 aromatic heterocycles. The molecule has 0 aliphatic rings. The molecule has 1 aromatic rings. The fraction of sp³-hybridized carbons (Fsp3) is 0.455. The van der Waals surface area contributed by atoms with Crippen LogP contribution in [0.1, 0.15) is 31.1 Å². The Kier molecular flexibility index (Phi) is 4.15. The Morgan fingerprint density at radius 1 is 1.47 bits per heavy atom. The van der Waals surface area contributed by atoms with Crippen LogP contribution in [0.25, 0.3) is 0 Å². The molecule has 82 valence electrons. The zero-order valence-electron chi connectivity index (χ0n) is 9.10. The van der Waals surface area contributed by atoms with Gasteiger partial charge in [-0.25, -0.2) is 4.79 Å². The summed E-state index contributed by atoms with van der Waals surface area (Å²) in [6, 6.07) is 1.54. The number of nitrogens with zero attached hydrogens (tertiary/aromatic N) is 1. The smallest absolute Gasteiger partial charge is 0.336 e. The number of hydrogen-bond acceptors (Lipinski definition) is 3. The number of carbonyl (C=O) groups is 1. The molecule has 0 aliphatic heterocycles. The first kappa shape index (κ1) is 12.0. The number of aromatic nitrogens is 1. The van der Waals surface area contributed by atoms with E-state index in [1.54, 1.807) is 18.0 Å². The number of hydrogen-bond donors (Lipinski definition) is 1. The molecule has 0 radical (unpaired) electrons. The van der Waals surface area contributed by atoms with E-state index in [4.69, 9.17) is 5.11 Å². The Labute approximate surface area is 93.9 Å². The van der Waals surface area contributed by atoms with Crippen LogP contribution in [-0.4, -0.2) is 21.3 Å². The largest absolute Gasteiger partial charge is 0.478 e. The van der Waals surface area contributed by atoms with Crippen LogP contribution in [0.15, 0.2) is 23.4 Å². The van der Waals surface area contributed by atoms with Gasteiger partial charge in [-0.2, -0.15) is 0 Å². The molecule has 1 atom stereocenters. The monoisotopic (exact) mass is 225 g/mol. The van der Waals surface area contributed by atoms with Crippen LogP contribution >= 0.6 is 11.8 Å². The van der Waals surface area contributed by atoms with Crippen molar-refractivity contribution in [2.75, 3.05) is 0 Å². The van der Waals surface area contributed by atoms with E-state index in [-0.39, 0.29) is 0 Å². The molecule has 1 heterocycles. The van der Waals surface area contributed by atoms with Crippen molar-refractivity contribution in [2.45, 2.75) is 30.9 Å². The Morgan fingerprint density at radius 3 is 2.67 bits per heavy atom. The van der Waals surface area contributed by atoms with E-state index < -0.39 is 5.97 Å². The predicted octanol–water partition coefficient (Wildman–Crippen LogP) is 2.92. The number of aromatic carboxylic acids is 1. The van der Waals surface area contributed by atoms with Gasteiger partial charge < -0.3 is 5.11 Å². The van der Waals surface area contributed by atoms with E-state index in [1.165, 1.54) is 12.3 Å². The first-order chi connectivity index (χ1) is 7.02. The third-order valence-corrected chi connectivity index (χ3v) is 3.76. The average Bonchev–Trinajstić information content (AvgIpc) is 2.18. The highest BCUT2D eigenvalue weighted by Crippen LogP contribution is 2.29. The Bertz CT molecular complexity index is 352. The maximum Gasteiger partial charge on any atom is 0.336 e. The Balaban J connectivity index is 2.89.